The minimum absolute atomic E-state index is 0.406. The van der Waals surface area contributed by atoms with E-state index in [9.17, 15) is 5.11 Å². The van der Waals surface area contributed by atoms with Crippen molar-refractivity contribution in [2.24, 2.45) is 0 Å². The zero-order chi connectivity index (χ0) is 8.97. The average molecular weight is 186 g/mol. The van der Waals surface area contributed by atoms with Gasteiger partial charge in [-0.15, -0.1) is 11.3 Å². The predicted molar refractivity (Wildman–Crippen MR) is 50.4 cm³/mol. The Bertz CT molecular complexity index is 237. The average Bonchev–Trinajstić information content (AvgIpc) is 2.47. The van der Waals surface area contributed by atoms with Crippen molar-refractivity contribution < 1.29 is 5.11 Å². The number of rotatable bonds is 4. The van der Waals surface area contributed by atoms with Gasteiger partial charge in [0.05, 0.1) is 0 Å². The lowest BCUT2D eigenvalue weighted by atomic mass is 10.2. The molecule has 68 valence electrons. The molecule has 0 aliphatic carbocycles. The number of aliphatic hydroxyl groups excluding tert-OH is 1. The van der Waals surface area contributed by atoms with Crippen LogP contribution in [0.1, 0.15) is 23.2 Å². The lowest BCUT2D eigenvalue weighted by Gasteiger charge is -2.05. The molecule has 0 amide bonds. The second-order valence-electron chi connectivity index (χ2n) is 2.74. The molecule has 0 radical (unpaired) electrons. The molecule has 0 fully saturated rings. The van der Waals surface area contributed by atoms with Gasteiger partial charge in [0, 0.05) is 11.1 Å². The van der Waals surface area contributed by atoms with Crippen LogP contribution in [0.2, 0.25) is 0 Å². The van der Waals surface area contributed by atoms with Gasteiger partial charge in [-0.2, -0.15) is 0 Å². The molecule has 2 N–H and O–H groups in total. The first-order valence-corrected chi connectivity index (χ1v) is 4.86. The van der Waals surface area contributed by atoms with Crippen LogP contribution < -0.4 is 5.32 Å². The molecule has 0 saturated heterocycles. The zero-order valence-corrected chi connectivity index (χ0v) is 8.19. The molecule has 12 heavy (non-hydrogen) atoms. The summed E-state index contributed by atoms with van der Waals surface area (Å²) in [6, 6.07) is 0. The van der Waals surface area contributed by atoms with Crippen molar-refractivity contribution >= 4 is 11.3 Å². The van der Waals surface area contributed by atoms with E-state index in [4.69, 9.17) is 0 Å². The Kier molecular flexibility index (Phi) is 3.65. The number of thiazole rings is 1. The molecule has 0 aliphatic rings. The van der Waals surface area contributed by atoms with Gasteiger partial charge in [0.1, 0.15) is 11.1 Å². The summed E-state index contributed by atoms with van der Waals surface area (Å²) >= 11 is 1.52. The van der Waals surface area contributed by atoms with E-state index < -0.39 is 6.10 Å². The molecule has 1 rings (SSSR count). The Hall–Kier alpha value is -0.450. The number of aryl methyl sites for hydroxylation is 1. The summed E-state index contributed by atoms with van der Waals surface area (Å²) in [4.78, 5) is 4.20. The molecular weight excluding hydrogens is 172 g/mol. The van der Waals surface area contributed by atoms with Gasteiger partial charge >= 0.3 is 0 Å². The third kappa shape index (κ3) is 2.55. The monoisotopic (exact) mass is 186 g/mol. The summed E-state index contributed by atoms with van der Waals surface area (Å²) in [6.45, 7) is 2.75. The smallest absolute Gasteiger partial charge is 0.122 e. The summed E-state index contributed by atoms with van der Waals surface area (Å²) in [5, 5.41) is 15.3. The topological polar surface area (TPSA) is 45.1 Å². The van der Waals surface area contributed by atoms with E-state index in [1.54, 1.807) is 0 Å². The van der Waals surface area contributed by atoms with E-state index in [2.05, 4.69) is 10.3 Å². The Balaban J connectivity index is 2.47. The second-order valence-corrected chi connectivity index (χ2v) is 3.62. The lowest BCUT2D eigenvalue weighted by molar-refractivity contribution is 0.167. The van der Waals surface area contributed by atoms with Crippen molar-refractivity contribution in [2.75, 3.05) is 13.6 Å². The Morgan fingerprint density at radius 1 is 1.75 bits per heavy atom. The number of aliphatic hydroxyl groups is 1. The predicted octanol–water partition coefficient (Wildman–Crippen LogP) is 1.09. The molecule has 3 nitrogen and oxygen atoms in total. The van der Waals surface area contributed by atoms with Crippen molar-refractivity contribution in [2.45, 2.75) is 19.4 Å². The van der Waals surface area contributed by atoms with Crippen LogP contribution in [0, 0.1) is 6.92 Å². The molecule has 0 aliphatic heterocycles. The van der Waals surface area contributed by atoms with Crippen LogP contribution in [-0.4, -0.2) is 23.7 Å². The molecule has 4 heteroatoms. The van der Waals surface area contributed by atoms with Crippen LogP contribution in [0.25, 0.3) is 0 Å². The SMILES string of the molecule is CNCCC(O)c1nc(C)cs1. The van der Waals surface area contributed by atoms with Crippen molar-refractivity contribution in [3.63, 3.8) is 0 Å². The maximum absolute atomic E-state index is 9.57. The number of hydrogen-bond acceptors (Lipinski definition) is 4. The largest absolute Gasteiger partial charge is 0.386 e. The normalized spacial score (nSPS) is 13.2. The van der Waals surface area contributed by atoms with Crippen molar-refractivity contribution in [3.8, 4) is 0 Å². The maximum atomic E-state index is 9.57. The first-order chi connectivity index (χ1) is 5.74. The van der Waals surface area contributed by atoms with E-state index in [0.29, 0.717) is 0 Å². The summed E-state index contributed by atoms with van der Waals surface area (Å²) in [5.74, 6) is 0. The van der Waals surface area contributed by atoms with E-state index in [1.165, 1.54) is 11.3 Å². The maximum Gasteiger partial charge on any atom is 0.122 e. The molecule has 1 aromatic rings. The fourth-order valence-electron chi connectivity index (χ4n) is 0.930. The van der Waals surface area contributed by atoms with E-state index in [0.717, 1.165) is 23.7 Å². The number of nitrogens with one attached hydrogen (secondary N) is 1. The van der Waals surface area contributed by atoms with E-state index >= 15 is 0 Å². The Morgan fingerprint density at radius 3 is 3.00 bits per heavy atom. The molecule has 1 heterocycles. The van der Waals surface area contributed by atoms with E-state index in [1.807, 2.05) is 19.4 Å². The van der Waals surface area contributed by atoms with Gasteiger partial charge in [-0.3, -0.25) is 0 Å². The van der Waals surface area contributed by atoms with Gasteiger partial charge < -0.3 is 10.4 Å². The van der Waals surface area contributed by atoms with Crippen LogP contribution in [0.3, 0.4) is 0 Å². The molecule has 1 aromatic heterocycles. The minimum atomic E-state index is -0.406. The third-order valence-electron chi connectivity index (χ3n) is 1.59. The third-order valence-corrected chi connectivity index (χ3v) is 2.65. The molecule has 0 bridgehead atoms. The molecule has 0 spiro atoms. The fourth-order valence-corrected chi connectivity index (χ4v) is 1.75. The van der Waals surface area contributed by atoms with Crippen molar-refractivity contribution in [1.82, 2.24) is 10.3 Å². The van der Waals surface area contributed by atoms with Crippen LogP contribution in [-0.2, 0) is 0 Å². The molecule has 1 unspecified atom stereocenters. The highest BCUT2D eigenvalue weighted by atomic mass is 32.1. The quantitative estimate of drug-likeness (QED) is 0.740. The molecule has 0 saturated carbocycles. The molecule has 1 atom stereocenters. The van der Waals surface area contributed by atoms with Crippen LogP contribution >= 0.6 is 11.3 Å². The first kappa shape index (κ1) is 9.64. The van der Waals surface area contributed by atoms with Gasteiger partial charge in [0.2, 0.25) is 0 Å². The zero-order valence-electron chi connectivity index (χ0n) is 7.37. The summed E-state index contributed by atoms with van der Waals surface area (Å²) in [6.07, 6.45) is 0.319. The van der Waals surface area contributed by atoms with Gasteiger partial charge in [-0.25, -0.2) is 4.98 Å². The van der Waals surface area contributed by atoms with Gasteiger partial charge in [-0.05, 0) is 26.9 Å². The van der Waals surface area contributed by atoms with Crippen LogP contribution in [0.15, 0.2) is 5.38 Å². The highest BCUT2D eigenvalue weighted by Gasteiger charge is 2.09. The second kappa shape index (κ2) is 4.54. The van der Waals surface area contributed by atoms with Crippen molar-refractivity contribution in [3.05, 3.63) is 16.1 Å². The fraction of sp³-hybridized carbons (Fsp3) is 0.625. The minimum Gasteiger partial charge on any atom is -0.386 e. The summed E-state index contributed by atoms with van der Waals surface area (Å²) in [7, 11) is 1.87. The van der Waals surface area contributed by atoms with Gasteiger partial charge in [-0.1, -0.05) is 0 Å². The van der Waals surface area contributed by atoms with Gasteiger partial charge in [0.15, 0.2) is 0 Å². The number of aromatic nitrogens is 1. The standard InChI is InChI=1S/C8H14N2OS/c1-6-5-12-8(10-6)7(11)3-4-9-2/h5,7,9,11H,3-4H2,1-2H3. The molecule has 0 aromatic carbocycles. The highest BCUT2D eigenvalue weighted by molar-refractivity contribution is 7.09. The van der Waals surface area contributed by atoms with Gasteiger partial charge in [0.25, 0.3) is 0 Å². The Labute approximate surface area is 76.5 Å². The summed E-state index contributed by atoms with van der Waals surface area (Å²) in [5.41, 5.74) is 0.985. The van der Waals surface area contributed by atoms with E-state index in [-0.39, 0.29) is 0 Å². The van der Waals surface area contributed by atoms with Crippen LogP contribution in [0.5, 0.6) is 0 Å². The van der Waals surface area contributed by atoms with Crippen molar-refractivity contribution in [1.29, 1.82) is 0 Å². The number of hydrogen-bond donors (Lipinski definition) is 2. The summed E-state index contributed by atoms with van der Waals surface area (Å²) < 4.78 is 0. The number of nitrogens with zero attached hydrogens (tertiary/aromatic N) is 1. The Morgan fingerprint density at radius 2 is 2.50 bits per heavy atom. The molecular formula is C8H14N2OS. The first-order valence-electron chi connectivity index (χ1n) is 3.98. The lowest BCUT2D eigenvalue weighted by Crippen LogP contribution is -2.11. The highest BCUT2D eigenvalue weighted by Crippen LogP contribution is 2.19. The van der Waals surface area contributed by atoms with Crippen LogP contribution in [0.4, 0.5) is 0 Å².